The van der Waals surface area contributed by atoms with Crippen LogP contribution in [0, 0.1) is 0 Å². The van der Waals surface area contributed by atoms with Crippen molar-refractivity contribution < 1.29 is 17.8 Å². The van der Waals surface area contributed by atoms with Crippen molar-refractivity contribution in [2.75, 3.05) is 0 Å². The van der Waals surface area contributed by atoms with Gasteiger partial charge in [-0.1, -0.05) is 36.4 Å². The van der Waals surface area contributed by atoms with Gasteiger partial charge in [-0.15, -0.1) is 0 Å². The second-order valence-electron chi connectivity index (χ2n) is 4.15. The zero-order chi connectivity index (χ0) is 14.8. The fraction of sp³-hybridized carbons (Fsp3) is 0. The maximum absolute atomic E-state index is 11.3. The van der Waals surface area contributed by atoms with Gasteiger partial charge >= 0.3 is 0 Å². The molecule has 4 nitrogen and oxygen atoms in total. The number of carbonyl (C=O) groups is 1. The molecule has 0 unspecified atom stereocenters. The number of hydrogen-bond donors (Lipinski definition) is 1. The van der Waals surface area contributed by atoms with Gasteiger partial charge < -0.3 is 4.79 Å². The number of hydrogen-bond acceptors (Lipinski definition) is 3. The molecule has 21 heavy (non-hydrogen) atoms. The van der Waals surface area contributed by atoms with E-state index in [1.54, 1.807) is 12.1 Å². The largest absolute Gasteiger partial charge is 0.307 e. The molecule has 103 valence electrons. The van der Waals surface area contributed by atoms with Crippen LogP contribution in [-0.4, -0.2) is 49.3 Å². The summed E-state index contributed by atoms with van der Waals surface area (Å²) in [5.41, 5.74) is 0. The Kier molecular flexibility index (Phi) is 6.07. The summed E-state index contributed by atoms with van der Waals surface area (Å²) in [7, 11) is -4.20. The molecule has 3 aromatic rings. The number of carbonyl (C=O) groups excluding carboxylic acids is 1. The molecule has 1 radical (unpaired) electrons. The summed E-state index contributed by atoms with van der Waals surface area (Å²) in [5, 5.41) is 3.32. The monoisotopic (exact) mass is 311 g/mol. The molecule has 0 aromatic heterocycles. The predicted molar refractivity (Wildman–Crippen MR) is 84.1 cm³/mol. The van der Waals surface area contributed by atoms with Crippen molar-refractivity contribution >= 4 is 68.0 Å². The molecule has 0 saturated heterocycles. The summed E-state index contributed by atoms with van der Waals surface area (Å²) in [4.78, 5) is 7.95. The van der Waals surface area contributed by atoms with Crippen molar-refractivity contribution in [3.63, 3.8) is 0 Å². The van der Waals surface area contributed by atoms with Gasteiger partial charge in [0.25, 0.3) is 10.1 Å². The van der Waals surface area contributed by atoms with Crippen LogP contribution in [0.3, 0.4) is 0 Å². The average Bonchev–Trinajstić information content (AvgIpc) is 2.45. The third-order valence-electron chi connectivity index (χ3n) is 2.98. The molecule has 0 saturated carbocycles. The first-order valence-corrected chi connectivity index (χ1v) is 7.17. The van der Waals surface area contributed by atoms with E-state index in [0.717, 1.165) is 16.2 Å². The topological polar surface area (TPSA) is 71.4 Å². The molecule has 3 rings (SSSR count). The van der Waals surface area contributed by atoms with Gasteiger partial charge in [-0.25, -0.2) is 0 Å². The Morgan fingerprint density at radius 1 is 0.810 bits per heavy atom. The van der Waals surface area contributed by atoms with E-state index < -0.39 is 10.1 Å². The van der Waals surface area contributed by atoms with E-state index in [4.69, 9.17) is 4.79 Å². The first kappa shape index (κ1) is 17.8. The Morgan fingerprint density at radius 3 is 1.90 bits per heavy atom. The van der Waals surface area contributed by atoms with Gasteiger partial charge in [-0.3, -0.25) is 4.55 Å². The number of benzene rings is 3. The van der Waals surface area contributed by atoms with E-state index in [2.05, 4.69) is 0 Å². The Balaban J connectivity index is 0.000000706. The Hall–Kier alpha value is -1.24. The van der Waals surface area contributed by atoms with Crippen molar-refractivity contribution in [3.05, 3.63) is 54.6 Å². The van der Waals surface area contributed by atoms with Gasteiger partial charge in [0.15, 0.2) is 0 Å². The van der Waals surface area contributed by atoms with Crippen LogP contribution in [0.1, 0.15) is 0 Å². The normalized spacial score (nSPS) is 10.5. The molecule has 3 aromatic carbocycles. The van der Waals surface area contributed by atoms with Crippen LogP contribution in [0.5, 0.6) is 0 Å². The van der Waals surface area contributed by atoms with Crippen LogP contribution >= 0.6 is 0 Å². The molecule has 0 aliphatic rings. The van der Waals surface area contributed by atoms with E-state index in [-0.39, 0.29) is 34.5 Å². The molecular formula is C15H12NaO4S. The Morgan fingerprint density at radius 2 is 1.33 bits per heavy atom. The minimum Gasteiger partial charge on any atom is -0.307 e. The first-order valence-electron chi connectivity index (χ1n) is 5.73. The van der Waals surface area contributed by atoms with E-state index in [0.29, 0.717) is 5.39 Å². The Bertz CT molecular complexity index is 875. The molecule has 0 aliphatic heterocycles. The smallest absolute Gasteiger partial charge is 0.295 e. The predicted octanol–water partition coefficient (Wildman–Crippen LogP) is 2.67. The standard InChI is InChI=1S/C14H10O3S.CH2O.Na/c15-18(16,17)14-7-3-6-12-8-10-4-1-2-5-11(10)9-13(12)14;1-2;/h1-9H,(H,15,16,17);1H2;. The molecule has 0 fully saturated rings. The maximum atomic E-state index is 11.3. The van der Waals surface area contributed by atoms with Crippen LogP contribution < -0.4 is 0 Å². The third kappa shape index (κ3) is 3.70. The van der Waals surface area contributed by atoms with Gasteiger partial charge in [0.2, 0.25) is 0 Å². The molecule has 0 atom stereocenters. The number of rotatable bonds is 1. The van der Waals surface area contributed by atoms with Crippen LogP contribution in [0.25, 0.3) is 21.5 Å². The second-order valence-corrected chi connectivity index (χ2v) is 5.54. The van der Waals surface area contributed by atoms with Gasteiger partial charge in [-0.2, -0.15) is 8.42 Å². The summed E-state index contributed by atoms with van der Waals surface area (Å²) in [6.45, 7) is 2.00. The van der Waals surface area contributed by atoms with Crippen LogP contribution in [0.15, 0.2) is 59.5 Å². The van der Waals surface area contributed by atoms with Crippen molar-refractivity contribution in [2.45, 2.75) is 4.90 Å². The van der Waals surface area contributed by atoms with Gasteiger partial charge in [0, 0.05) is 34.9 Å². The molecular weight excluding hydrogens is 299 g/mol. The minimum atomic E-state index is -4.20. The fourth-order valence-corrected chi connectivity index (χ4v) is 2.87. The molecule has 0 amide bonds. The SMILES string of the molecule is C=O.O=S(=O)(O)c1cccc2cc3ccccc3cc12.[Na]. The fourth-order valence-electron chi connectivity index (χ4n) is 2.16. The van der Waals surface area contributed by atoms with Crippen LogP contribution in [0.2, 0.25) is 0 Å². The zero-order valence-corrected chi connectivity index (χ0v) is 14.3. The van der Waals surface area contributed by atoms with E-state index in [9.17, 15) is 13.0 Å². The zero-order valence-electron chi connectivity index (χ0n) is 11.5. The van der Waals surface area contributed by atoms with Crippen LogP contribution in [-0.2, 0) is 14.9 Å². The molecule has 0 heterocycles. The average molecular weight is 311 g/mol. The van der Waals surface area contributed by atoms with Crippen LogP contribution in [0.4, 0.5) is 0 Å². The molecule has 0 spiro atoms. The first-order chi connectivity index (χ1) is 9.55. The second kappa shape index (κ2) is 7.15. The third-order valence-corrected chi connectivity index (χ3v) is 3.90. The van der Waals surface area contributed by atoms with Gasteiger partial charge in [0.1, 0.15) is 11.7 Å². The van der Waals surface area contributed by atoms with E-state index in [1.165, 1.54) is 6.07 Å². The Labute approximate surface area is 144 Å². The molecule has 0 bridgehead atoms. The maximum Gasteiger partial charge on any atom is 0.295 e. The van der Waals surface area contributed by atoms with Crippen molar-refractivity contribution in [1.82, 2.24) is 0 Å². The summed E-state index contributed by atoms with van der Waals surface area (Å²) in [6, 6.07) is 16.3. The van der Waals surface area contributed by atoms with Crippen molar-refractivity contribution in [3.8, 4) is 0 Å². The molecule has 6 heteroatoms. The van der Waals surface area contributed by atoms with Gasteiger partial charge in [0.05, 0.1) is 0 Å². The van der Waals surface area contributed by atoms with E-state index in [1.807, 2.05) is 43.2 Å². The number of fused-ring (bicyclic) bond motifs is 2. The summed E-state index contributed by atoms with van der Waals surface area (Å²) in [6.07, 6.45) is 0. The van der Waals surface area contributed by atoms with Gasteiger partial charge in [-0.05, 0) is 34.4 Å². The summed E-state index contributed by atoms with van der Waals surface area (Å²) < 4.78 is 31.9. The van der Waals surface area contributed by atoms with E-state index >= 15 is 0 Å². The summed E-state index contributed by atoms with van der Waals surface area (Å²) in [5.74, 6) is 0. The molecule has 0 aliphatic carbocycles. The summed E-state index contributed by atoms with van der Waals surface area (Å²) >= 11 is 0. The van der Waals surface area contributed by atoms with Crippen molar-refractivity contribution in [1.29, 1.82) is 0 Å². The van der Waals surface area contributed by atoms with Crippen molar-refractivity contribution in [2.24, 2.45) is 0 Å². The molecule has 1 N–H and O–H groups in total. The quantitative estimate of drug-likeness (QED) is 0.426. The minimum absolute atomic E-state index is 0.